The molecular formula is C19H20Cl2O4. The molecule has 2 saturated heterocycles. The maximum atomic E-state index is 13.7. The van der Waals surface area contributed by atoms with Crippen LogP contribution in [0.3, 0.4) is 0 Å². The molecule has 2 bridgehead atoms. The molecule has 3 aliphatic rings. The first-order valence-corrected chi connectivity index (χ1v) is 9.47. The fourth-order valence-corrected chi connectivity index (χ4v) is 5.66. The van der Waals surface area contributed by atoms with Crippen molar-refractivity contribution >= 4 is 35.0 Å². The maximum Gasteiger partial charge on any atom is 0.352 e. The minimum absolute atomic E-state index is 0.00606. The Morgan fingerprint density at radius 2 is 1.96 bits per heavy atom. The van der Waals surface area contributed by atoms with Gasteiger partial charge in [0, 0.05) is 21.5 Å². The molecule has 1 aromatic carbocycles. The summed E-state index contributed by atoms with van der Waals surface area (Å²) in [5, 5.41) is 0.711. The first kappa shape index (κ1) is 17.3. The van der Waals surface area contributed by atoms with Gasteiger partial charge in [0.05, 0.1) is 6.61 Å². The van der Waals surface area contributed by atoms with Gasteiger partial charge < -0.3 is 9.47 Å². The number of rotatable bonds is 1. The number of fused-ring (bicyclic) bond motifs is 1. The molecule has 0 amide bonds. The third-order valence-electron chi connectivity index (χ3n) is 6.03. The number of Topliss-reactive ketones (excluding diaryl/α,β-unsaturated/α-hetero) is 1. The third-order valence-corrected chi connectivity index (χ3v) is 6.55. The van der Waals surface area contributed by atoms with Crippen molar-refractivity contribution in [3.05, 3.63) is 33.3 Å². The summed E-state index contributed by atoms with van der Waals surface area (Å²) in [5.41, 5.74) is -1.82. The van der Waals surface area contributed by atoms with E-state index in [1.165, 1.54) is 0 Å². The zero-order valence-electron chi connectivity index (χ0n) is 14.2. The summed E-state index contributed by atoms with van der Waals surface area (Å²) in [5.74, 6) is -0.797. The number of aryl methyl sites for hydroxylation is 1. The van der Waals surface area contributed by atoms with Crippen LogP contribution in [0.15, 0.2) is 12.1 Å². The summed E-state index contributed by atoms with van der Waals surface area (Å²) < 4.78 is 11.9. The van der Waals surface area contributed by atoms with E-state index in [1.807, 2.05) is 0 Å². The van der Waals surface area contributed by atoms with Crippen LogP contribution in [0.25, 0.3) is 0 Å². The highest BCUT2D eigenvalue weighted by Gasteiger charge is 2.72. The van der Waals surface area contributed by atoms with Crippen LogP contribution in [-0.4, -0.2) is 24.0 Å². The van der Waals surface area contributed by atoms with Crippen molar-refractivity contribution < 1.29 is 19.1 Å². The van der Waals surface area contributed by atoms with Gasteiger partial charge in [-0.3, -0.25) is 4.79 Å². The van der Waals surface area contributed by atoms with Gasteiger partial charge in [-0.15, -0.1) is 0 Å². The molecule has 0 aromatic heterocycles. The number of ether oxygens (including phenoxy) is 2. The molecule has 6 heteroatoms. The third kappa shape index (κ3) is 2.17. The Morgan fingerprint density at radius 3 is 2.68 bits per heavy atom. The van der Waals surface area contributed by atoms with Crippen molar-refractivity contribution in [1.29, 1.82) is 0 Å². The van der Waals surface area contributed by atoms with E-state index in [1.54, 1.807) is 19.1 Å². The number of esters is 1. The molecule has 1 spiro atoms. The normalized spacial score (nSPS) is 37.4. The van der Waals surface area contributed by atoms with Gasteiger partial charge in [0.15, 0.2) is 5.60 Å². The lowest BCUT2D eigenvalue weighted by Gasteiger charge is -2.40. The van der Waals surface area contributed by atoms with Crippen molar-refractivity contribution in [3.63, 3.8) is 0 Å². The number of hydrogen-bond donors (Lipinski definition) is 0. The average Bonchev–Trinajstić information content (AvgIpc) is 2.68. The lowest BCUT2D eigenvalue weighted by Crippen LogP contribution is -2.50. The minimum Gasteiger partial charge on any atom is -0.448 e. The number of hydrogen-bond acceptors (Lipinski definition) is 4. The van der Waals surface area contributed by atoms with Crippen molar-refractivity contribution in [1.82, 2.24) is 0 Å². The lowest BCUT2D eigenvalue weighted by atomic mass is 9.66. The molecule has 1 aromatic rings. The van der Waals surface area contributed by atoms with E-state index in [2.05, 4.69) is 6.92 Å². The van der Waals surface area contributed by atoms with Crippen LogP contribution in [0.1, 0.15) is 43.7 Å². The van der Waals surface area contributed by atoms with E-state index in [0.717, 1.165) is 19.3 Å². The molecule has 0 N–H and O–H groups in total. The topological polar surface area (TPSA) is 52.6 Å². The van der Waals surface area contributed by atoms with Gasteiger partial charge in [-0.25, -0.2) is 4.79 Å². The fourth-order valence-electron chi connectivity index (χ4n) is 4.93. The summed E-state index contributed by atoms with van der Waals surface area (Å²) in [6.07, 6.45) is 3.33. The standard InChI is InChI=1S/C19H20Cl2O4/c1-10-7-12(20)8-14(21)15(10)19-16(22)18(25-17(19)23)6-4-3-5-13(18)11(2)9-24-19/h7-8,11,13H,3-6,9H2,1-2H3. The maximum absolute atomic E-state index is 13.7. The zero-order valence-corrected chi connectivity index (χ0v) is 15.7. The first-order valence-electron chi connectivity index (χ1n) is 8.71. The second-order valence-corrected chi connectivity index (χ2v) is 8.35. The molecule has 25 heavy (non-hydrogen) atoms. The highest BCUT2D eigenvalue weighted by molar-refractivity contribution is 6.36. The zero-order chi connectivity index (χ0) is 18.0. The van der Waals surface area contributed by atoms with Crippen LogP contribution in [0.2, 0.25) is 10.0 Å². The Hall–Kier alpha value is -1.10. The van der Waals surface area contributed by atoms with Gasteiger partial charge in [-0.2, -0.15) is 0 Å². The monoisotopic (exact) mass is 382 g/mol. The summed E-state index contributed by atoms with van der Waals surface area (Å²) in [6.45, 7) is 4.17. The van der Waals surface area contributed by atoms with E-state index in [0.29, 0.717) is 29.2 Å². The van der Waals surface area contributed by atoms with E-state index in [4.69, 9.17) is 32.7 Å². The largest absolute Gasteiger partial charge is 0.448 e. The van der Waals surface area contributed by atoms with Crippen LogP contribution in [0.5, 0.6) is 0 Å². The number of halogens is 2. The molecule has 2 heterocycles. The summed E-state index contributed by atoms with van der Waals surface area (Å²) in [6, 6.07) is 3.24. The van der Waals surface area contributed by atoms with Crippen LogP contribution < -0.4 is 0 Å². The Kier molecular flexibility index (Phi) is 3.95. The molecule has 4 nitrogen and oxygen atoms in total. The molecule has 1 saturated carbocycles. The van der Waals surface area contributed by atoms with E-state index in [9.17, 15) is 9.59 Å². The molecule has 2 aliphatic heterocycles. The predicted molar refractivity (Wildman–Crippen MR) is 93.8 cm³/mol. The highest BCUT2D eigenvalue weighted by atomic mass is 35.5. The van der Waals surface area contributed by atoms with Gasteiger partial charge >= 0.3 is 5.97 Å². The molecule has 4 rings (SSSR count). The van der Waals surface area contributed by atoms with E-state index >= 15 is 0 Å². The minimum atomic E-state index is -1.77. The van der Waals surface area contributed by atoms with Gasteiger partial charge in [0.2, 0.25) is 5.78 Å². The van der Waals surface area contributed by atoms with Crippen LogP contribution in [-0.2, 0) is 24.7 Å². The fraction of sp³-hybridized carbons (Fsp3) is 0.579. The van der Waals surface area contributed by atoms with Crippen LogP contribution in [0, 0.1) is 18.8 Å². The summed E-state index contributed by atoms with van der Waals surface area (Å²) in [7, 11) is 0. The van der Waals surface area contributed by atoms with Gasteiger partial charge in [-0.05, 0) is 49.8 Å². The summed E-state index contributed by atoms with van der Waals surface area (Å²) in [4.78, 5) is 26.7. The average molecular weight is 383 g/mol. The Morgan fingerprint density at radius 1 is 1.20 bits per heavy atom. The highest BCUT2D eigenvalue weighted by Crippen LogP contribution is 2.55. The number of carbonyl (C=O) groups excluding carboxylic acids is 2. The Bertz CT molecular complexity index is 754. The van der Waals surface area contributed by atoms with Crippen molar-refractivity contribution in [2.45, 2.75) is 50.7 Å². The number of ketones is 1. The quantitative estimate of drug-likeness (QED) is 0.538. The molecule has 134 valence electrons. The summed E-state index contributed by atoms with van der Waals surface area (Å²) >= 11 is 12.5. The van der Waals surface area contributed by atoms with Crippen molar-refractivity contribution in [3.8, 4) is 0 Å². The molecule has 4 atom stereocenters. The SMILES string of the molecule is Cc1cc(Cl)cc(Cl)c1C12OCC(C)C3CCCCC3(OC1=O)C2=O. The van der Waals surface area contributed by atoms with E-state index < -0.39 is 17.2 Å². The molecule has 0 radical (unpaired) electrons. The second kappa shape index (κ2) is 5.70. The second-order valence-electron chi connectivity index (χ2n) is 7.51. The van der Waals surface area contributed by atoms with Crippen molar-refractivity contribution in [2.75, 3.05) is 6.61 Å². The molecule has 1 aliphatic carbocycles. The van der Waals surface area contributed by atoms with Crippen LogP contribution >= 0.6 is 23.2 Å². The molecular weight excluding hydrogens is 363 g/mol. The lowest BCUT2D eigenvalue weighted by molar-refractivity contribution is -0.178. The van der Waals surface area contributed by atoms with E-state index in [-0.39, 0.29) is 22.6 Å². The molecule has 4 unspecified atom stereocenters. The van der Waals surface area contributed by atoms with Crippen molar-refractivity contribution in [2.24, 2.45) is 11.8 Å². The van der Waals surface area contributed by atoms with Gasteiger partial charge in [0.25, 0.3) is 5.60 Å². The first-order chi connectivity index (χ1) is 11.8. The molecule has 3 fully saturated rings. The number of carbonyl (C=O) groups is 2. The van der Waals surface area contributed by atoms with Crippen LogP contribution in [0.4, 0.5) is 0 Å². The number of benzene rings is 1. The van der Waals surface area contributed by atoms with Gasteiger partial charge in [0.1, 0.15) is 0 Å². The smallest absolute Gasteiger partial charge is 0.352 e. The van der Waals surface area contributed by atoms with Gasteiger partial charge in [-0.1, -0.05) is 36.5 Å². The predicted octanol–water partition coefficient (Wildman–Crippen LogP) is 4.22. The Labute approximate surface area is 156 Å². The Balaban J connectivity index is 1.96.